The van der Waals surface area contributed by atoms with E-state index in [0.29, 0.717) is 12.8 Å². The van der Waals surface area contributed by atoms with Gasteiger partial charge in [0.15, 0.2) is 0 Å². The molecule has 0 radical (unpaired) electrons. The molecule has 0 bridgehead atoms. The average Bonchev–Trinajstić information content (AvgIpc) is 2.38. The summed E-state index contributed by atoms with van der Waals surface area (Å²) in [6.45, 7) is 3.66. The third-order valence-electron chi connectivity index (χ3n) is 3.59. The van der Waals surface area contributed by atoms with E-state index in [0.717, 1.165) is 31.2 Å². The number of hydrogen-bond acceptors (Lipinski definition) is 2. The Morgan fingerprint density at radius 1 is 1.10 bits per heavy atom. The molecule has 0 aliphatic rings. The molecule has 0 aliphatic heterocycles. The fourth-order valence-electron chi connectivity index (χ4n) is 2.30. The number of unbranched alkanes of at least 4 members (excludes halogenated alkanes) is 2. The zero-order valence-electron chi connectivity index (χ0n) is 12.5. The molecule has 1 aromatic rings. The summed E-state index contributed by atoms with van der Waals surface area (Å²) in [5.41, 5.74) is 7.86. The number of carbonyl (C=O) groups is 2. The lowest BCUT2D eigenvalue weighted by molar-refractivity contribution is -0.122. The van der Waals surface area contributed by atoms with E-state index in [-0.39, 0.29) is 17.6 Å². The third kappa shape index (κ3) is 6.50. The highest BCUT2D eigenvalue weighted by molar-refractivity contribution is 5.77. The lowest BCUT2D eigenvalue weighted by atomic mass is 9.92. The first kappa shape index (κ1) is 16.4. The van der Waals surface area contributed by atoms with E-state index >= 15 is 0 Å². The number of primary amides is 1. The van der Waals surface area contributed by atoms with Crippen LogP contribution in [0.1, 0.15) is 50.2 Å². The van der Waals surface area contributed by atoms with Crippen LogP contribution in [0.4, 0.5) is 0 Å². The molecule has 0 aromatic heterocycles. The summed E-state index contributed by atoms with van der Waals surface area (Å²) in [6, 6.07) is 8.22. The van der Waals surface area contributed by atoms with Gasteiger partial charge in [-0.3, -0.25) is 4.79 Å². The van der Waals surface area contributed by atoms with Gasteiger partial charge in [-0.1, -0.05) is 42.7 Å². The van der Waals surface area contributed by atoms with Gasteiger partial charge in [0.1, 0.15) is 5.78 Å². The van der Waals surface area contributed by atoms with Crippen LogP contribution in [0.5, 0.6) is 0 Å². The highest BCUT2D eigenvalue weighted by Gasteiger charge is 2.15. The zero-order chi connectivity index (χ0) is 15.0. The molecule has 0 saturated heterocycles. The molecule has 1 unspecified atom stereocenters. The van der Waals surface area contributed by atoms with E-state index in [1.165, 1.54) is 5.56 Å². The van der Waals surface area contributed by atoms with Crippen LogP contribution in [0, 0.1) is 12.8 Å². The van der Waals surface area contributed by atoms with Crippen molar-refractivity contribution < 1.29 is 9.59 Å². The minimum absolute atomic E-state index is 0.102. The van der Waals surface area contributed by atoms with Gasteiger partial charge in [0, 0.05) is 12.3 Å². The fraction of sp³-hybridized carbons (Fsp3) is 0.529. The number of aryl methyl sites for hydroxylation is 1. The molecule has 0 heterocycles. The Bertz CT molecular complexity index is 437. The largest absolute Gasteiger partial charge is 0.369 e. The van der Waals surface area contributed by atoms with Crippen LogP contribution in [0.15, 0.2) is 24.3 Å². The van der Waals surface area contributed by atoms with Crippen LogP contribution in [0.25, 0.3) is 0 Å². The first-order valence-corrected chi connectivity index (χ1v) is 7.33. The van der Waals surface area contributed by atoms with Gasteiger partial charge in [-0.25, -0.2) is 0 Å². The molecule has 1 atom stereocenters. The standard InChI is InChI=1S/C17H25NO2/c1-13-8-10-15(11-9-13)12-16(17(18)20)7-5-3-4-6-14(2)19/h8-11,16H,3-7,12H2,1-2H3,(H2,18,20). The molecule has 1 aromatic carbocycles. The number of benzene rings is 1. The molecule has 1 rings (SSSR count). The number of nitrogens with two attached hydrogens (primary N) is 1. The minimum atomic E-state index is -0.225. The van der Waals surface area contributed by atoms with Crippen LogP contribution >= 0.6 is 0 Å². The van der Waals surface area contributed by atoms with Crippen molar-refractivity contribution in [1.82, 2.24) is 0 Å². The number of hydrogen-bond donors (Lipinski definition) is 1. The van der Waals surface area contributed by atoms with Crippen LogP contribution in [0.3, 0.4) is 0 Å². The molecule has 2 N–H and O–H groups in total. The zero-order valence-corrected chi connectivity index (χ0v) is 12.5. The summed E-state index contributed by atoms with van der Waals surface area (Å²) in [5, 5.41) is 0. The Morgan fingerprint density at radius 2 is 1.75 bits per heavy atom. The Kier molecular flexibility index (Phi) is 6.99. The highest BCUT2D eigenvalue weighted by atomic mass is 16.1. The van der Waals surface area contributed by atoms with Gasteiger partial charge in [-0.2, -0.15) is 0 Å². The van der Waals surface area contributed by atoms with Crippen molar-refractivity contribution in [3.63, 3.8) is 0 Å². The lowest BCUT2D eigenvalue weighted by Gasteiger charge is -2.13. The summed E-state index contributed by atoms with van der Waals surface area (Å²) in [7, 11) is 0. The lowest BCUT2D eigenvalue weighted by Crippen LogP contribution is -2.25. The van der Waals surface area contributed by atoms with Crippen LogP contribution in [0.2, 0.25) is 0 Å². The van der Waals surface area contributed by atoms with E-state index < -0.39 is 0 Å². The van der Waals surface area contributed by atoms with Crippen molar-refractivity contribution in [3.8, 4) is 0 Å². The Morgan fingerprint density at radius 3 is 2.30 bits per heavy atom. The van der Waals surface area contributed by atoms with Gasteiger partial charge < -0.3 is 10.5 Å². The summed E-state index contributed by atoms with van der Waals surface area (Å²) < 4.78 is 0. The topological polar surface area (TPSA) is 60.2 Å². The normalized spacial score (nSPS) is 12.1. The quantitative estimate of drug-likeness (QED) is 0.704. The second-order valence-corrected chi connectivity index (χ2v) is 5.59. The van der Waals surface area contributed by atoms with Gasteiger partial charge >= 0.3 is 0 Å². The van der Waals surface area contributed by atoms with Crippen LogP contribution in [-0.2, 0) is 16.0 Å². The Labute approximate surface area is 121 Å². The maximum atomic E-state index is 11.5. The monoisotopic (exact) mass is 275 g/mol. The predicted molar refractivity (Wildman–Crippen MR) is 81.3 cm³/mol. The molecular weight excluding hydrogens is 250 g/mol. The number of Topliss-reactive ketones (excluding diaryl/α,β-unsaturated/α-hetero) is 1. The molecule has 0 fully saturated rings. The second-order valence-electron chi connectivity index (χ2n) is 5.59. The predicted octanol–water partition coefficient (Wildman–Crippen LogP) is 3.18. The number of amides is 1. The van der Waals surface area contributed by atoms with Crippen molar-refractivity contribution in [3.05, 3.63) is 35.4 Å². The van der Waals surface area contributed by atoms with E-state index in [9.17, 15) is 9.59 Å². The maximum absolute atomic E-state index is 11.5. The maximum Gasteiger partial charge on any atom is 0.220 e. The van der Waals surface area contributed by atoms with E-state index in [4.69, 9.17) is 5.73 Å². The number of rotatable bonds is 9. The molecule has 3 nitrogen and oxygen atoms in total. The fourth-order valence-corrected chi connectivity index (χ4v) is 2.30. The first-order valence-electron chi connectivity index (χ1n) is 7.33. The highest BCUT2D eigenvalue weighted by Crippen LogP contribution is 2.17. The number of ketones is 1. The van der Waals surface area contributed by atoms with Gasteiger partial charge in [0.05, 0.1) is 0 Å². The molecule has 0 aliphatic carbocycles. The molecular formula is C17H25NO2. The molecule has 0 saturated carbocycles. The third-order valence-corrected chi connectivity index (χ3v) is 3.59. The Balaban J connectivity index is 2.39. The SMILES string of the molecule is CC(=O)CCCCCC(Cc1ccc(C)cc1)C(N)=O. The minimum Gasteiger partial charge on any atom is -0.369 e. The van der Waals surface area contributed by atoms with Crippen LogP contribution in [-0.4, -0.2) is 11.7 Å². The van der Waals surface area contributed by atoms with Crippen molar-refractivity contribution in [2.45, 2.75) is 52.4 Å². The van der Waals surface area contributed by atoms with Gasteiger partial charge in [0.2, 0.25) is 5.91 Å². The average molecular weight is 275 g/mol. The smallest absolute Gasteiger partial charge is 0.220 e. The summed E-state index contributed by atoms with van der Waals surface area (Å²) in [6.07, 6.45) is 5.00. The molecule has 3 heteroatoms. The van der Waals surface area contributed by atoms with Crippen molar-refractivity contribution >= 4 is 11.7 Å². The first-order chi connectivity index (χ1) is 9.49. The van der Waals surface area contributed by atoms with E-state index in [1.54, 1.807) is 6.92 Å². The Hall–Kier alpha value is -1.64. The van der Waals surface area contributed by atoms with E-state index in [2.05, 4.69) is 24.3 Å². The summed E-state index contributed by atoms with van der Waals surface area (Å²) in [5.74, 6) is -0.0942. The molecule has 0 spiro atoms. The van der Waals surface area contributed by atoms with Crippen molar-refractivity contribution in [2.75, 3.05) is 0 Å². The molecule has 110 valence electrons. The van der Waals surface area contributed by atoms with Gasteiger partial charge in [-0.15, -0.1) is 0 Å². The van der Waals surface area contributed by atoms with Gasteiger partial charge in [-0.05, 0) is 38.7 Å². The second kappa shape index (κ2) is 8.51. The summed E-state index contributed by atoms with van der Waals surface area (Å²) >= 11 is 0. The van der Waals surface area contributed by atoms with E-state index in [1.807, 2.05) is 6.92 Å². The van der Waals surface area contributed by atoms with Crippen molar-refractivity contribution in [2.24, 2.45) is 11.7 Å². The van der Waals surface area contributed by atoms with Crippen molar-refractivity contribution in [1.29, 1.82) is 0 Å². The molecule has 20 heavy (non-hydrogen) atoms. The molecule has 1 amide bonds. The summed E-state index contributed by atoms with van der Waals surface area (Å²) in [4.78, 5) is 22.4. The number of carbonyl (C=O) groups excluding carboxylic acids is 2. The van der Waals surface area contributed by atoms with Gasteiger partial charge in [0.25, 0.3) is 0 Å². The van der Waals surface area contributed by atoms with Crippen LogP contribution < -0.4 is 5.73 Å².